The number of nitrogens with one attached hydrogen (secondary N) is 2. The van der Waals surface area contributed by atoms with E-state index in [9.17, 15) is 22.8 Å². The molecular formula is C19H22N2O8S. The number of benzene rings is 1. The second-order valence-electron chi connectivity index (χ2n) is 6.08. The molecule has 1 heterocycles. The van der Waals surface area contributed by atoms with Gasteiger partial charge in [0.05, 0.1) is 19.5 Å². The number of carbonyl (C=O) groups excluding carboxylic acids is 3. The monoisotopic (exact) mass is 438 g/mol. The molecule has 30 heavy (non-hydrogen) atoms. The topological polar surface area (TPSA) is 141 Å². The van der Waals surface area contributed by atoms with Crippen molar-refractivity contribution in [3.8, 4) is 0 Å². The molecule has 0 unspecified atom stereocenters. The largest absolute Gasteiger partial charge is 0.462 e. The number of ether oxygens (including phenoxy) is 2. The van der Waals surface area contributed by atoms with Gasteiger partial charge in [0.2, 0.25) is 15.9 Å². The number of amides is 1. The predicted octanol–water partition coefficient (Wildman–Crippen LogP) is 2.57. The van der Waals surface area contributed by atoms with Crippen LogP contribution in [0.2, 0.25) is 0 Å². The number of aryl methyl sites for hydroxylation is 1. The quantitative estimate of drug-likeness (QED) is 0.599. The lowest BCUT2D eigenvalue weighted by Gasteiger charge is -2.08. The summed E-state index contributed by atoms with van der Waals surface area (Å²) in [7, 11) is -3.46. The first kappa shape index (κ1) is 22.9. The summed E-state index contributed by atoms with van der Waals surface area (Å²) in [4.78, 5) is 37.2. The average Bonchev–Trinajstić information content (AvgIpc) is 2.97. The fourth-order valence-electron chi connectivity index (χ4n) is 2.56. The van der Waals surface area contributed by atoms with Crippen LogP contribution in [-0.4, -0.2) is 45.7 Å². The zero-order valence-corrected chi connectivity index (χ0v) is 17.7. The van der Waals surface area contributed by atoms with Gasteiger partial charge in [-0.25, -0.2) is 18.0 Å². The molecule has 0 aliphatic carbocycles. The van der Waals surface area contributed by atoms with Crippen LogP contribution in [0.5, 0.6) is 0 Å². The number of rotatable bonds is 8. The molecule has 2 aromatic rings. The van der Waals surface area contributed by atoms with Gasteiger partial charge in [0.15, 0.2) is 0 Å². The van der Waals surface area contributed by atoms with Gasteiger partial charge in [-0.15, -0.1) is 0 Å². The van der Waals surface area contributed by atoms with Gasteiger partial charge in [0.25, 0.3) is 5.91 Å². The molecule has 0 bridgehead atoms. The van der Waals surface area contributed by atoms with Gasteiger partial charge in [-0.3, -0.25) is 14.8 Å². The molecule has 1 amide bonds. The molecule has 1 aromatic carbocycles. The summed E-state index contributed by atoms with van der Waals surface area (Å²) in [6, 6.07) is 5.57. The van der Waals surface area contributed by atoms with Crippen LogP contribution in [0, 0.1) is 6.92 Å². The van der Waals surface area contributed by atoms with Crippen LogP contribution >= 0.6 is 0 Å². The first-order chi connectivity index (χ1) is 14.1. The highest BCUT2D eigenvalue weighted by Gasteiger charge is 2.31. The van der Waals surface area contributed by atoms with Crippen LogP contribution in [0.4, 0.5) is 11.6 Å². The molecule has 2 N–H and O–H groups in total. The lowest BCUT2D eigenvalue weighted by Crippen LogP contribution is -2.17. The lowest BCUT2D eigenvalue weighted by molar-refractivity contribution is 0.0480. The Labute approximate surface area is 173 Å². The number of hydrogen-bond acceptors (Lipinski definition) is 8. The molecule has 1 aromatic heterocycles. The molecule has 0 aliphatic rings. The molecule has 0 saturated heterocycles. The maximum atomic E-state index is 12.6. The van der Waals surface area contributed by atoms with Crippen molar-refractivity contribution in [1.82, 2.24) is 0 Å². The van der Waals surface area contributed by atoms with Crippen LogP contribution in [0.25, 0.3) is 0 Å². The van der Waals surface area contributed by atoms with Crippen LogP contribution in [0.1, 0.15) is 50.7 Å². The van der Waals surface area contributed by atoms with Crippen molar-refractivity contribution in [1.29, 1.82) is 0 Å². The molecule has 2 rings (SSSR count). The molecule has 162 valence electrons. The van der Waals surface area contributed by atoms with Crippen molar-refractivity contribution in [3.63, 3.8) is 0 Å². The number of anilines is 2. The third-order valence-electron chi connectivity index (χ3n) is 3.72. The van der Waals surface area contributed by atoms with Crippen molar-refractivity contribution in [2.45, 2.75) is 20.8 Å². The first-order valence-corrected chi connectivity index (χ1v) is 10.8. The van der Waals surface area contributed by atoms with Crippen molar-refractivity contribution in [2.24, 2.45) is 0 Å². The van der Waals surface area contributed by atoms with Crippen LogP contribution in [0.3, 0.4) is 0 Å². The van der Waals surface area contributed by atoms with Crippen LogP contribution in [-0.2, 0) is 19.5 Å². The van der Waals surface area contributed by atoms with Gasteiger partial charge in [-0.05, 0) is 45.0 Å². The van der Waals surface area contributed by atoms with Crippen molar-refractivity contribution in [2.75, 3.05) is 29.5 Å². The summed E-state index contributed by atoms with van der Waals surface area (Å²) < 4.78 is 40.2. The number of furan rings is 1. The summed E-state index contributed by atoms with van der Waals surface area (Å²) in [6.07, 6.45) is 1.00. The van der Waals surface area contributed by atoms with E-state index in [1.54, 1.807) is 13.8 Å². The average molecular weight is 438 g/mol. The second-order valence-corrected chi connectivity index (χ2v) is 7.83. The van der Waals surface area contributed by atoms with Crippen LogP contribution in [0.15, 0.2) is 28.7 Å². The van der Waals surface area contributed by atoms with Crippen molar-refractivity contribution >= 4 is 39.4 Å². The highest BCUT2D eigenvalue weighted by atomic mass is 32.2. The Morgan fingerprint density at radius 3 is 2.00 bits per heavy atom. The van der Waals surface area contributed by atoms with E-state index in [4.69, 9.17) is 13.9 Å². The molecule has 0 spiro atoms. The minimum absolute atomic E-state index is 0.0491. The van der Waals surface area contributed by atoms with Gasteiger partial charge >= 0.3 is 11.9 Å². The van der Waals surface area contributed by atoms with E-state index in [-0.39, 0.29) is 47.2 Å². The summed E-state index contributed by atoms with van der Waals surface area (Å²) in [5.74, 6) is -2.44. The molecule has 0 aliphatic heterocycles. The maximum absolute atomic E-state index is 12.6. The van der Waals surface area contributed by atoms with E-state index in [1.165, 1.54) is 31.2 Å². The molecule has 0 fully saturated rings. The number of esters is 2. The van der Waals surface area contributed by atoms with Gasteiger partial charge < -0.3 is 13.9 Å². The molecule has 0 saturated carbocycles. The minimum Gasteiger partial charge on any atom is -0.462 e. The summed E-state index contributed by atoms with van der Waals surface area (Å²) >= 11 is 0. The first-order valence-electron chi connectivity index (χ1n) is 8.94. The molecule has 0 atom stereocenters. The van der Waals surface area contributed by atoms with E-state index in [2.05, 4.69) is 10.0 Å². The minimum atomic E-state index is -3.46. The highest BCUT2D eigenvalue weighted by molar-refractivity contribution is 7.92. The Kier molecular flexibility index (Phi) is 7.22. The van der Waals surface area contributed by atoms with E-state index < -0.39 is 27.9 Å². The summed E-state index contributed by atoms with van der Waals surface area (Å²) in [5, 5.41) is 2.44. The van der Waals surface area contributed by atoms with E-state index >= 15 is 0 Å². The maximum Gasteiger partial charge on any atom is 0.344 e. The fourth-order valence-corrected chi connectivity index (χ4v) is 3.12. The van der Waals surface area contributed by atoms with Crippen molar-refractivity contribution < 1.29 is 36.7 Å². The zero-order chi connectivity index (χ0) is 22.5. The normalized spacial score (nSPS) is 10.9. The molecule has 10 nitrogen and oxygen atoms in total. The SMILES string of the molecule is CCOC(=O)c1c(C)oc(NC(=O)c2ccc(NS(C)(=O)=O)cc2)c1C(=O)OCC. The van der Waals surface area contributed by atoms with E-state index in [0.717, 1.165) is 6.26 Å². The van der Waals surface area contributed by atoms with Gasteiger partial charge in [-0.1, -0.05) is 0 Å². The molecule has 0 radical (unpaired) electrons. The highest BCUT2D eigenvalue weighted by Crippen LogP contribution is 2.29. The van der Waals surface area contributed by atoms with Gasteiger partial charge in [-0.2, -0.15) is 0 Å². The van der Waals surface area contributed by atoms with Crippen molar-refractivity contribution in [3.05, 3.63) is 46.7 Å². The van der Waals surface area contributed by atoms with E-state index in [1.807, 2.05) is 0 Å². The Morgan fingerprint density at radius 1 is 0.967 bits per heavy atom. The smallest absolute Gasteiger partial charge is 0.344 e. The lowest BCUT2D eigenvalue weighted by atomic mass is 10.1. The number of hydrogen-bond donors (Lipinski definition) is 2. The Bertz CT molecular complexity index is 1050. The molecular weight excluding hydrogens is 416 g/mol. The number of sulfonamides is 1. The third kappa shape index (κ3) is 5.60. The zero-order valence-electron chi connectivity index (χ0n) is 16.9. The van der Waals surface area contributed by atoms with Gasteiger partial charge in [0.1, 0.15) is 16.9 Å². The Balaban J connectivity index is 2.35. The third-order valence-corrected chi connectivity index (χ3v) is 4.33. The van der Waals surface area contributed by atoms with E-state index in [0.29, 0.717) is 0 Å². The fraction of sp³-hybridized carbons (Fsp3) is 0.316. The van der Waals surface area contributed by atoms with Crippen LogP contribution < -0.4 is 10.0 Å². The summed E-state index contributed by atoms with van der Waals surface area (Å²) in [6.45, 7) is 4.80. The van der Waals surface area contributed by atoms with Gasteiger partial charge in [0, 0.05) is 11.3 Å². The Hall–Kier alpha value is -3.34. The Morgan fingerprint density at radius 2 is 1.50 bits per heavy atom. The molecule has 11 heteroatoms. The summed E-state index contributed by atoms with van der Waals surface area (Å²) in [5.41, 5.74) is 0.0742. The predicted molar refractivity (Wildman–Crippen MR) is 108 cm³/mol. The standard InChI is InChI=1S/C19H22N2O8S/c1-5-27-18(23)14-11(3)29-17(15(14)19(24)28-6-2)20-16(22)12-7-9-13(10-8-12)21-30(4,25)26/h7-10,21H,5-6H2,1-4H3,(H,20,22). The number of carbonyl (C=O) groups is 3. The second kappa shape index (κ2) is 9.44.